The van der Waals surface area contributed by atoms with E-state index in [0.29, 0.717) is 42.6 Å². The lowest BCUT2D eigenvalue weighted by molar-refractivity contribution is 0.00678. The Kier molecular flexibility index (Phi) is 4.01. The van der Waals surface area contributed by atoms with Gasteiger partial charge in [0.15, 0.2) is 0 Å². The monoisotopic (exact) mass is 374 g/mol. The molecule has 144 valence electrons. The summed E-state index contributed by atoms with van der Waals surface area (Å²) in [6.07, 6.45) is -0.854. The highest BCUT2D eigenvalue weighted by atomic mass is 19.1. The summed E-state index contributed by atoms with van der Waals surface area (Å²) in [4.78, 5) is 13.5. The summed E-state index contributed by atoms with van der Waals surface area (Å²) in [6, 6.07) is 2.81. The van der Waals surface area contributed by atoms with Crippen LogP contribution >= 0.6 is 0 Å². The number of nitrogens with zero attached hydrogens (tertiary/aromatic N) is 2. The molecule has 3 unspecified atom stereocenters. The van der Waals surface area contributed by atoms with Crippen LogP contribution in [-0.2, 0) is 11.8 Å². The van der Waals surface area contributed by atoms with Crippen LogP contribution in [0.5, 0.6) is 0 Å². The summed E-state index contributed by atoms with van der Waals surface area (Å²) in [6.45, 7) is 4.12. The third kappa shape index (κ3) is 2.55. The molecule has 4 rings (SSSR count). The molecule has 5 N–H and O–H groups in total. The maximum absolute atomic E-state index is 14.1. The average molecular weight is 374 g/mol. The number of fused-ring (bicyclic) bond motifs is 2. The lowest BCUT2D eigenvalue weighted by Gasteiger charge is -2.35. The quantitative estimate of drug-likeness (QED) is 0.604. The molecule has 0 saturated carbocycles. The van der Waals surface area contributed by atoms with Gasteiger partial charge in [-0.1, -0.05) is 0 Å². The van der Waals surface area contributed by atoms with E-state index < -0.39 is 23.4 Å². The zero-order valence-electron chi connectivity index (χ0n) is 15.3. The minimum atomic E-state index is -1.16. The molecular formula is C19H23FN4O3. The smallest absolute Gasteiger partial charge is 0.259 e. The molecule has 0 saturated heterocycles. The van der Waals surface area contributed by atoms with E-state index in [4.69, 9.17) is 5.73 Å². The van der Waals surface area contributed by atoms with E-state index in [0.717, 1.165) is 15.9 Å². The number of nitrogens with two attached hydrogens (primary N) is 1. The Labute approximate surface area is 156 Å². The third-order valence-corrected chi connectivity index (χ3v) is 5.86. The number of aliphatic hydroxyl groups excluding tert-OH is 2. The molecule has 8 heteroatoms. The maximum atomic E-state index is 14.1. The maximum Gasteiger partial charge on any atom is 0.259 e. The number of aliphatic hydroxyl groups is 2. The molecule has 3 atom stereocenters. The number of anilines is 2. The number of hydrogen-bond acceptors (Lipinski definition) is 6. The Hall–Kier alpha value is -2.45. The van der Waals surface area contributed by atoms with E-state index in [1.54, 1.807) is 13.8 Å². The van der Waals surface area contributed by atoms with Crippen molar-refractivity contribution in [1.29, 1.82) is 0 Å². The highest BCUT2D eigenvalue weighted by Crippen LogP contribution is 2.42. The Bertz CT molecular complexity index is 942. The lowest BCUT2D eigenvalue weighted by Crippen LogP contribution is -2.42. The summed E-state index contributed by atoms with van der Waals surface area (Å²) in [5, 5.41) is 27.7. The number of benzene rings is 1. The number of nitrogens with one attached hydrogen (secondary N) is 1. The van der Waals surface area contributed by atoms with Gasteiger partial charge in [-0.3, -0.25) is 4.79 Å². The van der Waals surface area contributed by atoms with Gasteiger partial charge in [-0.15, -0.1) is 0 Å². The average Bonchev–Trinajstić information content (AvgIpc) is 2.96. The van der Waals surface area contributed by atoms with Crippen LogP contribution < -0.4 is 11.1 Å². The van der Waals surface area contributed by atoms with Gasteiger partial charge in [0.25, 0.3) is 5.91 Å². The Morgan fingerprint density at radius 1 is 1.44 bits per heavy atom. The van der Waals surface area contributed by atoms with Crippen molar-refractivity contribution in [2.24, 2.45) is 0 Å². The van der Waals surface area contributed by atoms with E-state index in [9.17, 15) is 19.4 Å². The van der Waals surface area contributed by atoms with Crippen molar-refractivity contribution in [1.82, 2.24) is 9.78 Å². The van der Waals surface area contributed by atoms with Crippen LogP contribution in [0.15, 0.2) is 12.1 Å². The minimum absolute atomic E-state index is 0.0377. The molecule has 2 aromatic rings. The van der Waals surface area contributed by atoms with E-state index >= 15 is 0 Å². The van der Waals surface area contributed by atoms with Crippen LogP contribution in [0, 0.1) is 12.7 Å². The molecule has 27 heavy (non-hydrogen) atoms. The first-order valence-electron chi connectivity index (χ1n) is 9.06. The van der Waals surface area contributed by atoms with Crippen molar-refractivity contribution in [2.45, 2.75) is 50.7 Å². The van der Waals surface area contributed by atoms with Crippen molar-refractivity contribution >= 4 is 17.4 Å². The molecule has 1 aliphatic heterocycles. The molecule has 1 aromatic carbocycles. The number of carbonyl (C=O) groups is 1. The fourth-order valence-corrected chi connectivity index (χ4v) is 4.23. The van der Waals surface area contributed by atoms with Gasteiger partial charge < -0.3 is 21.3 Å². The molecule has 1 aromatic heterocycles. The second kappa shape index (κ2) is 6.03. The summed E-state index contributed by atoms with van der Waals surface area (Å²) in [5.74, 6) is -0.736. The molecule has 1 aliphatic carbocycles. The molecule has 0 fully saturated rings. The van der Waals surface area contributed by atoms with Gasteiger partial charge >= 0.3 is 0 Å². The fourth-order valence-electron chi connectivity index (χ4n) is 4.23. The highest BCUT2D eigenvalue weighted by molar-refractivity contribution is 5.94. The predicted molar refractivity (Wildman–Crippen MR) is 98.1 cm³/mol. The van der Waals surface area contributed by atoms with Gasteiger partial charge in [-0.2, -0.15) is 9.78 Å². The van der Waals surface area contributed by atoms with Crippen LogP contribution in [0.1, 0.15) is 53.0 Å². The Morgan fingerprint density at radius 3 is 2.93 bits per heavy atom. The molecule has 2 aliphatic rings. The third-order valence-electron chi connectivity index (χ3n) is 5.86. The number of rotatable bonds is 1. The van der Waals surface area contributed by atoms with Gasteiger partial charge in [-0.25, -0.2) is 4.39 Å². The van der Waals surface area contributed by atoms with Crippen molar-refractivity contribution in [3.63, 3.8) is 0 Å². The molecule has 0 bridgehead atoms. The Balaban J connectivity index is 1.83. The van der Waals surface area contributed by atoms with E-state index in [1.807, 2.05) is 0 Å². The first-order valence-corrected chi connectivity index (χ1v) is 9.06. The van der Waals surface area contributed by atoms with Gasteiger partial charge in [0.2, 0.25) is 0 Å². The highest BCUT2D eigenvalue weighted by Gasteiger charge is 2.43. The van der Waals surface area contributed by atoms with Gasteiger partial charge in [-0.05, 0) is 56.4 Å². The van der Waals surface area contributed by atoms with Crippen molar-refractivity contribution in [3.05, 3.63) is 40.3 Å². The number of hydrogen-bond donors (Lipinski definition) is 4. The number of aromatic nitrogens is 2. The minimum Gasteiger partial charge on any atom is -0.390 e. The molecule has 7 nitrogen and oxygen atoms in total. The largest absolute Gasteiger partial charge is 0.390 e. The summed E-state index contributed by atoms with van der Waals surface area (Å²) < 4.78 is 15.2. The number of halogens is 1. The van der Waals surface area contributed by atoms with Crippen molar-refractivity contribution in [2.75, 3.05) is 17.6 Å². The second-order valence-corrected chi connectivity index (χ2v) is 7.67. The van der Waals surface area contributed by atoms with Crippen LogP contribution in [-0.4, -0.2) is 38.5 Å². The van der Waals surface area contributed by atoms with Crippen LogP contribution in [0.25, 0.3) is 0 Å². The predicted octanol–water partition coefficient (Wildman–Crippen LogP) is 1.67. The summed E-state index contributed by atoms with van der Waals surface area (Å²) in [5.41, 5.74) is 8.02. The fraction of sp³-hybridized carbons (Fsp3) is 0.474. The molecule has 0 spiro atoms. The first-order chi connectivity index (χ1) is 12.7. The molecular weight excluding hydrogens is 351 g/mol. The van der Waals surface area contributed by atoms with Crippen molar-refractivity contribution < 1.29 is 19.4 Å². The molecule has 0 radical (unpaired) electrons. The standard InChI is InChI=1S/C19H23FN4O3/c1-9-7-10(20)8-11-15(9)22-6-5-19(11,2)18(27)24-17(21)14-12(23-24)3-4-13(25)16(14)26/h7-8,13,16,22,25-26H,3-6,21H2,1-2H3. The van der Waals surface area contributed by atoms with Gasteiger partial charge in [0.1, 0.15) is 17.7 Å². The molecule has 2 heterocycles. The number of carbonyl (C=O) groups excluding carboxylic acids is 1. The second-order valence-electron chi connectivity index (χ2n) is 7.67. The zero-order valence-corrected chi connectivity index (χ0v) is 15.3. The van der Waals surface area contributed by atoms with E-state index in [-0.39, 0.29) is 11.7 Å². The van der Waals surface area contributed by atoms with Gasteiger partial charge in [0.05, 0.1) is 17.2 Å². The normalized spacial score (nSPS) is 26.9. The summed E-state index contributed by atoms with van der Waals surface area (Å²) in [7, 11) is 0. The topological polar surface area (TPSA) is 113 Å². The Morgan fingerprint density at radius 2 is 2.19 bits per heavy atom. The van der Waals surface area contributed by atoms with E-state index in [2.05, 4.69) is 10.4 Å². The lowest BCUT2D eigenvalue weighted by atomic mass is 9.75. The van der Waals surface area contributed by atoms with Gasteiger partial charge in [0, 0.05) is 17.8 Å². The van der Waals surface area contributed by atoms with Crippen LogP contribution in [0.4, 0.5) is 15.9 Å². The van der Waals surface area contributed by atoms with Crippen molar-refractivity contribution in [3.8, 4) is 0 Å². The SMILES string of the molecule is Cc1cc(F)cc2c1NCCC2(C)C(=O)n1nc2c(c1N)C(O)C(O)CC2. The number of nitrogen functional groups attached to an aromatic ring is 1. The van der Waals surface area contributed by atoms with Crippen LogP contribution in [0.2, 0.25) is 0 Å². The molecule has 0 amide bonds. The van der Waals surface area contributed by atoms with E-state index in [1.165, 1.54) is 12.1 Å². The van der Waals surface area contributed by atoms with Crippen LogP contribution in [0.3, 0.4) is 0 Å². The zero-order chi connectivity index (χ0) is 19.5. The first kappa shape index (κ1) is 17.9. The summed E-state index contributed by atoms with van der Waals surface area (Å²) >= 11 is 0. The number of aryl methyl sites for hydroxylation is 2.